The van der Waals surface area contributed by atoms with Gasteiger partial charge < -0.3 is 18.9 Å². The zero-order valence-electron chi connectivity index (χ0n) is 34.3. The number of nitrogens with zero attached hydrogens (tertiary/aromatic N) is 4. The van der Waals surface area contributed by atoms with E-state index in [4.69, 9.17) is 0 Å². The first kappa shape index (κ1) is 35.4. The van der Waals surface area contributed by atoms with Crippen molar-refractivity contribution in [1.82, 2.24) is 9.13 Å². The van der Waals surface area contributed by atoms with Crippen molar-refractivity contribution in [1.29, 1.82) is 0 Å². The Kier molecular flexibility index (Phi) is 8.40. The van der Waals surface area contributed by atoms with E-state index < -0.39 is 0 Å². The van der Waals surface area contributed by atoms with E-state index in [-0.39, 0.29) is 6.71 Å². The normalized spacial score (nSPS) is 12.3. The van der Waals surface area contributed by atoms with Gasteiger partial charge in [-0.3, -0.25) is 0 Å². The third-order valence-corrected chi connectivity index (χ3v) is 13.0. The molecule has 2 aliphatic heterocycles. The summed E-state index contributed by atoms with van der Waals surface area (Å²) in [5, 5.41) is 2.73. The molecule has 4 heterocycles. The van der Waals surface area contributed by atoms with Gasteiger partial charge in [-0.15, -0.1) is 0 Å². The Balaban J connectivity index is 1.25. The van der Waals surface area contributed by atoms with Crippen LogP contribution in [0.3, 0.4) is 0 Å². The Labute approximate surface area is 347 Å². The quantitative estimate of drug-likeness (QED) is 0.129. The minimum Gasteiger partial charge on any atom is -0.314 e. The van der Waals surface area contributed by atoms with E-state index in [0.29, 0.717) is 0 Å². The minimum absolute atomic E-state index is 0.0757. The molecule has 0 spiro atoms. The third kappa shape index (κ3) is 5.04. The number of aromatic nitrogens is 2. The van der Waals surface area contributed by atoms with Crippen molar-refractivity contribution in [3.8, 4) is 11.4 Å². The zero-order chi connectivity index (χ0) is 39.8. The summed E-state index contributed by atoms with van der Waals surface area (Å²) >= 11 is 0. The van der Waals surface area contributed by atoms with Crippen molar-refractivity contribution < 1.29 is 0 Å². The molecule has 0 amide bonds. The van der Waals surface area contributed by atoms with Gasteiger partial charge in [0.2, 0.25) is 0 Å². The highest BCUT2D eigenvalue weighted by atomic mass is 15.2. The number of benzene rings is 7. The summed E-state index contributed by atoms with van der Waals surface area (Å²) in [7, 11) is 0. The van der Waals surface area contributed by atoms with E-state index in [1.165, 1.54) is 83.5 Å². The van der Waals surface area contributed by atoms with Crippen LogP contribution < -0.4 is 26.2 Å². The molecule has 4 nitrogen and oxygen atoms in total. The van der Waals surface area contributed by atoms with Crippen molar-refractivity contribution in [2.45, 2.75) is 53.4 Å². The second-order valence-electron chi connectivity index (χ2n) is 15.9. The lowest BCUT2D eigenvalue weighted by Crippen LogP contribution is -2.59. The smallest absolute Gasteiger partial charge is 0.252 e. The molecule has 59 heavy (non-hydrogen) atoms. The zero-order valence-corrected chi connectivity index (χ0v) is 34.3. The average molecular weight is 763 g/mol. The van der Waals surface area contributed by atoms with Crippen LogP contribution in [0.2, 0.25) is 0 Å². The van der Waals surface area contributed by atoms with Crippen LogP contribution in [0.15, 0.2) is 164 Å². The lowest BCUT2D eigenvalue weighted by molar-refractivity contribution is 0.915. The summed E-state index contributed by atoms with van der Waals surface area (Å²) in [6.45, 7) is 9.43. The summed E-state index contributed by atoms with van der Waals surface area (Å²) in [4.78, 5) is 4.94. The predicted octanol–water partition coefficient (Wildman–Crippen LogP) is 11.9. The number of hydrogen-bond donors (Lipinski definition) is 0. The molecule has 7 aromatic carbocycles. The molecule has 11 rings (SSSR count). The van der Waals surface area contributed by atoms with Gasteiger partial charge in [-0.2, -0.15) is 0 Å². The highest BCUT2D eigenvalue weighted by Gasteiger charge is 2.43. The van der Waals surface area contributed by atoms with Crippen LogP contribution >= 0.6 is 0 Å². The van der Waals surface area contributed by atoms with Crippen LogP contribution in [0.25, 0.3) is 33.2 Å². The molecule has 9 aromatic rings. The molecular formula is C54H47BN4. The number of aryl methyl sites for hydroxylation is 2. The first-order chi connectivity index (χ1) is 29.2. The van der Waals surface area contributed by atoms with E-state index in [9.17, 15) is 0 Å². The van der Waals surface area contributed by atoms with Gasteiger partial charge >= 0.3 is 0 Å². The number of hydrogen-bond acceptors (Lipinski definition) is 2. The van der Waals surface area contributed by atoms with Gasteiger partial charge in [0, 0.05) is 56.3 Å². The van der Waals surface area contributed by atoms with E-state index in [2.05, 4.69) is 210 Å². The van der Waals surface area contributed by atoms with Gasteiger partial charge in [-0.1, -0.05) is 119 Å². The Morgan fingerprint density at radius 3 is 1.07 bits per heavy atom. The maximum absolute atomic E-state index is 2.66. The number of anilines is 6. The summed E-state index contributed by atoms with van der Waals surface area (Å²) < 4.78 is 5.32. The fourth-order valence-corrected chi connectivity index (χ4v) is 10.8. The van der Waals surface area contributed by atoms with Crippen molar-refractivity contribution in [2.75, 3.05) is 9.80 Å². The molecule has 0 aliphatic carbocycles. The standard InChI is InChI=1S/C54H47BN4/c1-5-40-44(7-3)58-48-30-21-31-49-52(48)55(42-32-34-46(50(40)53(42)58)56(36-22-13-9-14-23-36)37-24-15-10-16-25-37)43-33-35-47(51-41(6-2)45(8-4)59(49)54(43)51)57(38-26-17-11-18-27-38)39-28-19-12-20-29-39/h9-35H,5-8H2,1-4H3. The number of fused-ring (bicyclic) bond motifs is 4. The average Bonchev–Trinajstić information content (AvgIpc) is 3.83. The lowest BCUT2D eigenvalue weighted by atomic mass is 9.34. The molecule has 2 aliphatic rings. The minimum atomic E-state index is 0.0757. The summed E-state index contributed by atoms with van der Waals surface area (Å²) in [6.07, 6.45) is 3.80. The molecule has 2 aromatic heterocycles. The summed E-state index contributed by atoms with van der Waals surface area (Å²) in [5.74, 6) is 0. The van der Waals surface area contributed by atoms with Gasteiger partial charge in [-0.25, -0.2) is 0 Å². The molecule has 0 saturated heterocycles. The van der Waals surface area contributed by atoms with Gasteiger partial charge in [0.15, 0.2) is 0 Å². The topological polar surface area (TPSA) is 16.3 Å². The third-order valence-electron chi connectivity index (χ3n) is 13.0. The van der Waals surface area contributed by atoms with Crippen LogP contribution in [-0.4, -0.2) is 15.8 Å². The molecule has 0 atom stereocenters. The summed E-state index contributed by atoms with van der Waals surface area (Å²) in [6, 6.07) is 60.4. The molecule has 5 heteroatoms. The highest BCUT2D eigenvalue weighted by Crippen LogP contribution is 2.47. The van der Waals surface area contributed by atoms with Crippen LogP contribution in [-0.2, 0) is 25.7 Å². The molecule has 0 radical (unpaired) electrons. The first-order valence-electron chi connectivity index (χ1n) is 21.5. The molecule has 0 fully saturated rings. The van der Waals surface area contributed by atoms with Crippen LogP contribution in [0.4, 0.5) is 34.1 Å². The van der Waals surface area contributed by atoms with Gasteiger partial charge in [0.05, 0.1) is 22.4 Å². The molecule has 0 unspecified atom stereocenters. The molecule has 0 bridgehead atoms. The van der Waals surface area contributed by atoms with E-state index in [0.717, 1.165) is 48.4 Å². The van der Waals surface area contributed by atoms with E-state index in [1.807, 2.05) is 0 Å². The molecule has 286 valence electrons. The monoisotopic (exact) mass is 762 g/mol. The van der Waals surface area contributed by atoms with E-state index in [1.54, 1.807) is 0 Å². The Bertz CT molecular complexity index is 2760. The van der Waals surface area contributed by atoms with Gasteiger partial charge in [0.1, 0.15) is 0 Å². The fraction of sp³-hybridized carbons (Fsp3) is 0.148. The Hall–Kier alpha value is -6.72. The molecule has 0 saturated carbocycles. The number of para-hydroxylation sites is 4. The maximum Gasteiger partial charge on any atom is 0.252 e. The van der Waals surface area contributed by atoms with Gasteiger partial charge in [-0.05, 0) is 126 Å². The second kappa shape index (κ2) is 14.0. The first-order valence-corrected chi connectivity index (χ1v) is 21.5. The predicted molar refractivity (Wildman–Crippen MR) is 252 cm³/mol. The van der Waals surface area contributed by atoms with Gasteiger partial charge in [0.25, 0.3) is 6.71 Å². The van der Waals surface area contributed by atoms with Crippen LogP contribution in [0, 0.1) is 0 Å². The fourth-order valence-electron chi connectivity index (χ4n) is 10.8. The molecular weight excluding hydrogens is 715 g/mol. The van der Waals surface area contributed by atoms with Crippen LogP contribution in [0.5, 0.6) is 0 Å². The Morgan fingerprint density at radius 2 is 0.746 bits per heavy atom. The highest BCUT2D eigenvalue weighted by molar-refractivity contribution is 7.00. The molecule has 0 N–H and O–H groups in total. The SMILES string of the molecule is CCc1c(CC)n2c3c(ccc(N(c4ccccc4)c4ccccc4)c13)B1c3c-2cccc3-n2c(CC)c(CC)c3c(N(c4ccccc4)c4ccccc4)ccc1c32. The largest absolute Gasteiger partial charge is 0.314 e. The van der Waals surface area contributed by atoms with Crippen LogP contribution in [0.1, 0.15) is 50.2 Å². The second-order valence-corrected chi connectivity index (χ2v) is 15.9. The van der Waals surface area contributed by atoms with Crippen molar-refractivity contribution >= 4 is 79.0 Å². The number of rotatable bonds is 10. The summed E-state index contributed by atoms with van der Waals surface area (Å²) in [5.41, 5.74) is 22.3. The van der Waals surface area contributed by atoms with Crippen molar-refractivity contribution in [2.24, 2.45) is 0 Å². The Morgan fingerprint density at radius 1 is 0.390 bits per heavy atom. The van der Waals surface area contributed by atoms with Crippen molar-refractivity contribution in [3.63, 3.8) is 0 Å². The van der Waals surface area contributed by atoms with E-state index >= 15 is 0 Å². The van der Waals surface area contributed by atoms with Crippen molar-refractivity contribution in [3.05, 3.63) is 186 Å². The lowest BCUT2D eigenvalue weighted by Gasteiger charge is -2.35. The maximum atomic E-state index is 2.66.